The Hall–Kier alpha value is -2.76. The second-order valence-corrected chi connectivity index (χ2v) is 4.57. The van der Waals surface area contributed by atoms with Crippen LogP contribution in [0.3, 0.4) is 0 Å². The maximum Gasteiger partial charge on any atom is 0.354 e. The molecule has 5 nitrogen and oxygen atoms in total. The van der Waals surface area contributed by atoms with Crippen LogP contribution in [-0.2, 0) is 6.42 Å². The van der Waals surface area contributed by atoms with Gasteiger partial charge in [0.15, 0.2) is 11.3 Å². The predicted molar refractivity (Wildman–Crippen MR) is 74.7 cm³/mol. The van der Waals surface area contributed by atoms with Crippen molar-refractivity contribution in [1.29, 1.82) is 0 Å². The van der Waals surface area contributed by atoms with E-state index in [0.717, 1.165) is 0 Å². The van der Waals surface area contributed by atoms with Crippen LogP contribution in [0.2, 0.25) is 0 Å². The third-order valence-corrected chi connectivity index (χ3v) is 3.23. The minimum Gasteiger partial charge on any atom is -0.477 e. The molecule has 0 radical (unpaired) electrons. The molecule has 106 valence electrons. The Morgan fingerprint density at radius 1 is 1.33 bits per heavy atom. The van der Waals surface area contributed by atoms with Crippen LogP contribution >= 0.6 is 0 Å². The average molecular weight is 285 g/mol. The number of nitrogens with zero attached hydrogens (tertiary/aromatic N) is 3. The molecule has 0 spiro atoms. The highest BCUT2D eigenvalue weighted by Crippen LogP contribution is 2.23. The SMILES string of the molecule is CCc1cc(C(=O)O)nc2cc(-c3ccccc3F)nn12. The quantitative estimate of drug-likeness (QED) is 0.803. The van der Waals surface area contributed by atoms with Crippen molar-refractivity contribution in [3.8, 4) is 11.3 Å². The number of rotatable bonds is 3. The Balaban J connectivity index is 2.24. The van der Waals surface area contributed by atoms with Crippen LogP contribution in [0.25, 0.3) is 16.9 Å². The number of hydrogen-bond donors (Lipinski definition) is 1. The van der Waals surface area contributed by atoms with Crippen LogP contribution in [0.4, 0.5) is 4.39 Å². The number of carboxylic acid groups (broad SMARTS) is 1. The monoisotopic (exact) mass is 285 g/mol. The van der Waals surface area contributed by atoms with Gasteiger partial charge in [0.2, 0.25) is 0 Å². The van der Waals surface area contributed by atoms with E-state index in [1.165, 1.54) is 12.1 Å². The van der Waals surface area contributed by atoms with Gasteiger partial charge >= 0.3 is 5.97 Å². The number of carboxylic acids is 1. The first-order valence-corrected chi connectivity index (χ1v) is 6.48. The molecule has 0 saturated heterocycles. The van der Waals surface area contributed by atoms with Crippen molar-refractivity contribution in [2.75, 3.05) is 0 Å². The first kappa shape index (κ1) is 13.2. The maximum absolute atomic E-state index is 13.8. The second kappa shape index (κ2) is 4.97. The van der Waals surface area contributed by atoms with Crippen LogP contribution in [0.1, 0.15) is 23.1 Å². The Kier molecular flexibility index (Phi) is 3.13. The van der Waals surface area contributed by atoms with Crippen molar-refractivity contribution >= 4 is 11.6 Å². The Morgan fingerprint density at radius 2 is 2.10 bits per heavy atom. The minimum absolute atomic E-state index is 0.0423. The molecule has 21 heavy (non-hydrogen) atoms. The van der Waals surface area contributed by atoms with Gasteiger partial charge in [0.05, 0.1) is 5.69 Å². The number of aromatic nitrogens is 3. The standard InChI is InChI=1S/C15H12FN3O2/c1-2-9-7-13(15(20)21)17-14-8-12(18-19(9)14)10-5-3-4-6-11(10)16/h3-8H,2H2,1H3,(H,20,21). The summed E-state index contributed by atoms with van der Waals surface area (Å²) < 4.78 is 15.4. The van der Waals surface area contributed by atoms with Crippen LogP contribution in [-0.4, -0.2) is 25.7 Å². The van der Waals surface area contributed by atoms with Crippen molar-refractivity contribution in [3.05, 3.63) is 53.6 Å². The van der Waals surface area contributed by atoms with Crippen LogP contribution in [0.15, 0.2) is 36.4 Å². The molecule has 0 aliphatic carbocycles. The summed E-state index contributed by atoms with van der Waals surface area (Å²) in [5.41, 5.74) is 1.85. The predicted octanol–water partition coefficient (Wildman–Crippen LogP) is 2.80. The van der Waals surface area contributed by atoms with Crippen molar-refractivity contribution in [2.24, 2.45) is 0 Å². The number of fused-ring (bicyclic) bond motifs is 1. The molecular weight excluding hydrogens is 273 g/mol. The Labute approximate surface area is 119 Å². The van der Waals surface area contributed by atoms with E-state index in [1.54, 1.807) is 28.8 Å². The number of halogens is 1. The topological polar surface area (TPSA) is 67.5 Å². The van der Waals surface area contributed by atoms with E-state index in [4.69, 9.17) is 5.11 Å². The molecule has 3 aromatic rings. The molecule has 0 aliphatic rings. The summed E-state index contributed by atoms with van der Waals surface area (Å²) in [4.78, 5) is 15.1. The van der Waals surface area contributed by atoms with Crippen LogP contribution < -0.4 is 0 Å². The summed E-state index contributed by atoms with van der Waals surface area (Å²) in [6.45, 7) is 1.89. The lowest BCUT2D eigenvalue weighted by molar-refractivity contribution is 0.0690. The van der Waals surface area contributed by atoms with E-state index in [0.29, 0.717) is 29.0 Å². The number of benzene rings is 1. The van der Waals surface area contributed by atoms with Gasteiger partial charge in [-0.05, 0) is 24.6 Å². The van der Waals surface area contributed by atoms with Gasteiger partial charge in [0.1, 0.15) is 5.82 Å². The molecule has 0 fully saturated rings. The smallest absolute Gasteiger partial charge is 0.354 e. The first-order valence-electron chi connectivity index (χ1n) is 6.48. The normalized spacial score (nSPS) is 11.0. The van der Waals surface area contributed by atoms with Gasteiger partial charge in [-0.15, -0.1) is 0 Å². The number of aryl methyl sites for hydroxylation is 1. The summed E-state index contributed by atoms with van der Waals surface area (Å²) >= 11 is 0. The molecular formula is C15H12FN3O2. The number of carbonyl (C=O) groups is 1. The molecule has 6 heteroatoms. The lowest BCUT2D eigenvalue weighted by Crippen LogP contribution is -2.06. The zero-order valence-corrected chi connectivity index (χ0v) is 11.2. The van der Waals surface area contributed by atoms with E-state index < -0.39 is 5.97 Å². The van der Waals surface area contributed by atoms with Gasteiger partial charge in [0.25, 0.3) is 0 Å². The molecule has 0 aliphatic heterocycles. The van der Waals surface area contributed by atoms with Crippen molar-refractivity contribution in [3.63, 3.8) is 0 Å². The Bertz CT molecular complexity index is 842. The zero-order valence-electron chi connectivity index (χ0n) is 11.2. The third-order valence-electron chi connectivity index (χ3n) is 3.23. The van der Waals surface area contributed by atoms with Gasteiger partial charge < -0.3 is 5.11 Å². The molecule has 0 bridgehead atoms. The highest BCUT2D eigenvalue weighted by atomic mass is 19.1. The molecule has 0 unspecified atom stereocenters. The van der Waals surface area contributed by atoms with E-state index >= 15 is 0 Å². The maximum atomic E-state index is 13.8. The van der Waals surface area contributed by atoms with Gasteiger partial charge in [0, 0.05) is 17.3 Å². The summed E-state index contributed by atoms with van der Waals surface area (Å²) in [5.74, 6) is -1.47. The summed E-state index contributed by atoms with van der Waals surface area (Å²) in [5, 5.41) is 13.4. The molecule has 2 aromatic heterocycles. The summed E-state index contributed by atoms with van der Waals surface area (Å²) in [6.07, 6.45) is 0.595. The van der Waals surface area contributed by atoms with E-state index in [9.17, 15) is 9.18 Å². The lowest BCUT2D eigenvalue weighted by Gasteiger charge is -2.02. The highest BCUT2D eigenvalue weighted by Gasteiger charge is 2.14. The second-order valence-electron chi connectivity index (χ2n) is 4.57. The van der Waals surface area contributed by atoms with Crippen LogP contribution in [0, 0.1) is 5.82 Å². The van der Waals surface area contributed by atoms with Gasteiger partial charge in [-0.3, -0.25) is 0 Å². The minimum atomic E-state index is -1.10. The van der Waals surface area contributed by atoms with Crippen LogP contribution in [0.5, 0.6) is 0 Å². The lowest BCUT2D eigenvalue weighted by atomic mass is 10.1. The fraction of sp³-hybridized carbons (Fsp3) is 0.133. The molecule has 0 amide bonds. The first-order chi connectivity index (χ1) is 10.1. The molecule has 1 N–H and O–H groups in total. The van der Waals surface area contributed by atoms with Gasteiger partial charge in [-0.2, -0.15) is 5.10 Å². The van der Waals surface area contributed by atoms with Gasteiger partial charge in [-0.1, -0.05) is 19.1 Å². The molecule has 0 atom stereocenters. The van der Waals surface area contributed by atoms with E-state index in [-0.39, 0.29) is 11.5 Å². The molecule has 2 heterocycles. The molecule has 0 saturated carbocycles. The summed E-state index contributed by atoms with van der Waals surface area (Å²) in [6, 6.07) is 9.38. The van der Waals surface area contributed by atoms with Crippen molar-refractivity contribution < 1.29 is 14.3 Å². The number of aromatic carboxylic acids is 1. The fourth-order valence-corrected chi connectivity index (χ4v) is 2.20. The third kappa shape index (κ3) is 2.24. The molecule has 1 aromatic carbocycles. The fourth-order valence-electron chi connectivity index (χ4n) is 2.20. The summed E-state index contributed by atoms with van der Waals surface area (Å²) in [7, 11) is 0. The average Bonchev–Trinajstić information content (AvgIpc) is 2.90. The largest absolute Gasteiger partial charge is 0.477 e. The molecule has 3 rings (SSSR count). The van der Waals surface area contributed by atoms with Crippen molar-refractivity contribution in [2.45, 2.75) is 13.3 Å². The van der Waals surface area contributed by atoms with Crippen molar-refractivity contribution in [1.82, 2.24) is 14.6 Å². The Morgan fingerprint density at radius 3 is 2.76 bits per heavy atom. The van der Waals surface area contributed by atoms with Gasteiger partial charge in [-0.25, -0.2) is 18.7 Å². The zero-order chi connectivity index (χ0) is 15.0. The van der Waals surface area contributed by atoms with E-state index in [1.807, 2.05) is 6.92 Å². The highest BCUT2D eigenvalue weighted by molar-refractivity contribution is 5.86. The number of hydrogen-bond acceptors (Lipinski definition) is 3. The van der Waals surface area contributed by atoms with E-state index in [2.05, 4.69) is 10.1 Å².